The first-order valence-electron chi connectivity index (χ1n) is 9.83. The van der Waals surface area contributed by atoms with Gasteiger partial charge in [-0.1, -0.05) is 23.9 Å². The summed E-state index contributed by atoms with van der Waals surface area (Å²) in [5.41, 5.74) is 3.31. The Labute approximate surface area is 175 Å². The molecule has 3 rings (SSSR count). The molecule has 7 nitrogen and oxygen atoms in total. The van der Waals surface area contributed by atoms with Crippen LogP contribution in [0.3, 0.4) is 0 Å². The number of hydrogen-bond donors (Lipinski definition) is 2. The second-order valence-electron chi connectivity index (χ2n) is 7.12. The van der Waals surface area contributed by atoms with Gasteiger partial charge in [-0.05, 0) is 44.2 Å². The van der Waals surface area contributed by atoms with Crippen LogP contribution in [0.25, 0.3) is 0 Å². The third-order valence-electron chi connectivity index (χ3n) is 5.14. The van der Waals surface area contributed by atoms with E-state index in [0.717, 1.165) is 31.9 Å². The highest BCUT2D eigenvalue weighted by molar-refractivity contribution is 7.98. The van der Waals surface area contributed by atoms with Crippen molar-refractivity contribution in [2.45, 2.75) is 37.9 Å². The molecular formula is C21H28N4O3S. The second-order valence-corrected chi connectivity index (χ2v) is 7.91. The van der Waals surface area contributed by atoms with Gasteiger partial charge in [0.2, 0.25) is 5.91 Å². The van der Waals surface area contributed by atoms with E-state index in [4.69, 9.17) is 4.74 Å². The van der Waals surface area contributed by atoms with Crippen LogP contribution < -0.4 is 15.8 Å². The number of amides is 1. The van der Waals surface area contributed by atoms with Gasteiger partial charge in [-0.15, -0.1) is 0 Å². The van der Waals surface area contributed by atoms with Gasteiger partial charge in [0, 0.05) is 36.5 Å². The molecule has 1 amide bonds. The first kappa shape index (κ1) is 21.4. The number of hydrogen-bond acceptors (Lipinski definition) is 6. The molecule has 1 aliphatic heterocycles. The molecule has 1 fully saturated rings. The lowest BCUT2D eigenvalue weighted by molar-refractivity contribution is -0.121. The average molecular weight is 417 g/mol. The molecule has 29 heavy (non-hydrogen) atoms. The first-order chi connectivity index (χ1) is 14.0. The highest BCUT2D eigenvalue weighted by atomic mass is 32.2. The van der Waals surface area contributed by atoms with Gasteiger partial charge in [0.25, 0.3) is 5.56 Å². The summed E-state index contributed by atoms with van der Waals surface area (Å²) in [5.74, 6) is -0.0810. The molecule has 1 atom stereocenters. The van der Waals surface area contributed by atoms with E-state index in [2.05, 4.69) is 44.5 Å². The van der Waals surface area contributed by atoms with Crippen LogP contribution in [0.1, 0.15) is 36.2 Å². The Morgan fingerprint density at radius 1 is 1.31 bits per heavy atom. The Hall–Kier alpha value is -2.32. The molecule has 8 heteroatoms. The van der Waals surface area contributed by atoms with Crippen molar-refractivity contribution in [1.29, 1.82) is 0 Å². The molecule has 2 N–H and O–H groups in total. The Bertz CT molecular complexity index is 892. The number of nitrogens with one attached hydrogen (secondary N) is 2. The molecule has 0 saturated carbocycles. The summed E-state index contributed by atoms with van der Waals surface area (Å²) in [6.07, 6.45) is 2.48. The molecule has 0 bridgehead atoms. The van der Waals surface area contributed by atoms with Crippen molar-refractivity contribution >= 4 is 23.4 Å². The van der Waals surface area contributed by atoms with E-state index in [1.807, 2.05) is 13.2 Å². The van der Waals surface area contributed by atoms with Crippen LogP contribution in [0.4, 0.5) is 5.69 Å². The summed E-state index contributed by atoms with van der Waals surface area (Å²) in [5, 5.41) is 3.61. The number of ether oxygens (including phenoxy) is 1. The van der Waals surface area contributed by atoms with E-state index in [1.165, 1.54) is 17.4 Å². The second kappa shape index (κ2) is 9.93. The van der Waals surface area contributed by atoms with E-state index in [1.54, 1.807) is 6.92 Å². The Morgan fingerprint density at radius 3 is 2.62 bits per heavy atom. The van der Waals surface area contributed by atoms with Crippen molar-refractivity contribution in [2.75, 3.05) is 37.5 Å². The fraction of sp³-hybridized carbons (Fsp3) is 0.476. The summed E-state index contributed by atoms with van der Waals surface area (Å²) < 4.78 is 5.39. The maximum atomic E-state index is 12.4. The SMILES string of the molecule is CSc1nc(C)c(CCC(=O)NC(C)c2ccc(N3CCOCC3)cc2)c(=O)[nH]1. The number of benzene rings is 1. The van der Waals surface area contributed by atoms with Crippen molar-refractivity contribution < 1.29 is 9.53 Å². The third kappa shape index (κ3) is 5.61. The van der Waals surface area contributed by atoms with Crippen molar-refractivity contribution in [3.05, 3.63) is 51.4 Å². The monoisotopic (exact) mass is 416 g/mol. The van der Waals surface area contributed by atoms with Gasteiger partial charge in [-0.2, -0.15) is 0 Å². The van der Waals surface area contributed by atoms with Gasteiger partial charge in [0.15, 0.2) is 5.16 Å². The van der Waals surface area contributed by atoms with Gasteiger partial charge >= 0.3 is 0 Å². The normalized spacial score (nSPS) is 15.2. The minimum absolute atomic E-state index is 0.0810. The minimum Gasteiger partial charge on any atom is -0.378 e. The number of carbonyl (C=O) groups excluding carboxylic acids is 1. The summed E-state index contributed by atoms with van der Waals surface area (Å²) in [4.78, 5) is 34.0. The lowest BCUT2D eigenvalue weighted by Crippen LogP contribution is -2.36. The maximum absolute atomic E-state index is 12.4. The first-order valence-corrected chi connectivity index (χ1v) is 11.1. The number of aromatic nitrogens is 2. The molecule has 0 spiro atoms. The van der Waals surface area contributed by atoms with E-state index < -0.39 is 0 Å². The number of aryl methyl sites for hydroxylation is 1. The summed E-state index contributed by atoms with van der Waals surface area (Å²) >= 11 is 1.39. The summed E-state index contributed by atoms with van der Waals surface area (Å²) in [6.45, 7) is 7.08. The van der Waals surface area contributed by atoms with Crippen LogP contribution in [0.5, 0.6) is 0 Å². The molecule has 0 radical (unpaired) electrons. The van der Waals surface area contributed by atoms with Crippen molar-refractivity contribution in [3.8, 4) is 0 Å². The lowest BCUT2D eigenvalue weighted by Gasteiger charge is -2.29. The number of aromatic amines is 1. The number of anilines is 1. The van der Waals surface area contributed by atoms with Crippen LogP contribution in [-0.4, -0.2) is 48.4 Å². The van der Waals surface area contributed by atoms with Gasteiger partial charge in [0.1, 0.15) is 0 Å². The summed E-state index contributed by atoms with van der Waals surface area (Å²) in [6, 6.07) is 8.18. The number of morpholine rings is 1. The highest BCUT2D eigenvalue weighted by Gasteiger charge is 2.15. The fourth-order valence-electron chi connectivity index (χ4n) is 3.41. The number of nitrogens with zero attached hydrogens (tertiary/aromatic N) is 2. The molecule has 2 heterocycles. The Balaban J connectivity index is 1.54. The van der Waals surface area contributed by atoms with E-state index in [0.29, 0.717) is 22.8 Å². The van der Waals surface area contributed by atoms with Gasteiger partial charge in [0.05, 0.1) is 19.3 Å². The predicted molar refractivity (Wildman–Crippen MR) is 116 cm³/mol. The molecule has 1 aromatic heterocycles. The molecule has 1 aromatic carbocycles. The Morgan fingerprint density at radius 2 is 2.00 bits per heavy atom. The average Bonchev–Trinajstić information content (AvgIpc) is 2.73. The highest BCUT2D eigenvalue weighted by Crippen LogP contribution is 2.20. The molecule has 1 saturated heterocycles. The number of thioether (sulfide) groups is 1. The molecule has 1 unspecified atom stereocenters. The number of carbonyl (C=O) groups is 1. The maximum Gasteiger partial charge on any atom is 0.254 e. The van der Waals surface area contributed by atoms with E-state index in [-0.39, 0.29) is 23.9 Å². The fourth-order valence-corrected chi connectivity index (χ4v) is 3.83. The standard InChI is InChI=1S/C21H28N4O3S/c1-14(16-4-6-17(7-5-16)25-10-12-28-13-11-25)22-19(26)9-8-18-15(2)23-21(29-3)24-20(18)27/h4-7,14H,8-13H2,1-3H3,(H,22,26)(H,23,24,27). The Kier molecular flexibility index (Phi) is 7.33. The van der Waals surface area contributed by atoms with E-state index in [9.17, 15) is 9.59 Å². The van der Waals surface area contributed by atoms with Crippen LogP contribution in [-0.2, 0) is 16.0 Å². The molecule has 0 aliphatic carbocycles. The van der Waals surface area contributed by atoms with Crippen LogP contribution in [0.2, 0.25) is 0 Å². The van der Waals surface area contributed by atoms with Gasteiger partial charge < -0.3 is 19.9 Å². The molecule has 2 aromatic rings. The van der Waals surface area contributed by atoms with Crippen molar-refractivity contribution in [1.82, 2.24) is 15.3 Å². The minimum atomic E-state index is -0.165. The predicted octanol–water partition coefficient (Wildman–Crippen LogP) is 2.45. The number of H-pyrrole nitrogens is 1. The zero-order chi connectivity index (χ0) is 20.8. The van der Waals surface area contributed by atoms with E-state index >= 15 is 0 Å². The van der Waals surface area contributed by atoms with Crippen LogP contribution in [0, 0.1) is 6.92 Å². The summed E-state index contributed by atoms with van der Waals surface area (Å²) in [7, 11) is 0. The van der Waals surface area contributed by atoms with Crippen LogP contribution >= 0.6 is 11.8 Å². The van der Waals surface area contributed by atoms with Gasteiger partial charge in [-0.25, -0.2) is 4.98 Å². The topological polar surface area (TPSA) is 87.3 Å². The zero-order valence-corrected chi connectivity index (χ0v) is 18.0. The van der Waals surface area contributed by atoms with Crippen molar-refractivity contribution in [3.63, 3.8) is 0 Å². The van der Waals surface area contributed by atoms with Crippen LogP contribution in [0.15, 0.2) is 34.2 Å². The smallest absolute Gasteiger partial charge is 0.254 e. The molecular weight excluding hydrogens is 388 g/mol. The quantitative estimate of drug-likeness (QED) is 0.533. The molecule has 1 aliphatic rings. The lowest BCUT2D eigenvalue weighted by atomic mass is 10.1. The third-order valence-corrected chi connectivity index (χ3v) is 5.72. The van der Waals surface area contributed by atoms with Gasteiger partial charge in [-0.3, -0.25) is 9.59 Å². The van der Waals surface area contributed by atoms with Crippen molar-refractivity contribution in [2.24, 2.45) is 0 Å². The number of rotatable bonds is 7. The molecule has 156 valence electrons. The zero-order valence-electron chi connectivity index (χ0n) is 17.2. The largest absolute Gasteiger partial charge is 0.378 e.